The van der Waals surface area contributed by atoms with Gasteiger partial charge in [-0.05, 0) is 39.5 Å². The van der Waals surface area contributed by atoms with E-state index in [4.69, 9.17) is 15.2 Å². The molecule has 1 aromatic heterocycles. The van der Waals surface area contributed by atoms with E-state index in [9.17, 15) is 53.4 Å². The van der Waals surface area contributed by atoms with Gasteiger partial charge >= 0.3 is 11.9 Å². The van der Waals surface area contributed by atoms with Crippen LogP contribution in [0.2, 0.25) is 0 Å². The second-order valence-electron chi connectivity index (χ2n) is 21.5. The molecule has 0 spiro atoms. The Labute approximate surface area is 439 Å². The third-order valence-corrected chi connectivity index (χ3v) is 13.2. The van der Waals surface area contributed by atoms with Crippen molar-refractivity contribution in [3.8, 4) is 0 Å². The quantitative estimate of drug-likeness (QED) is 0.0344. The van der Waals surface area contributed by atoms with Gasteiger partial charge in [-0.1, -0.05) is 118 Å². The van der Waals surface area contributed by atoms with E-state index >= 15 is 0 Å². The minimum absolute atomic E-state index is 0.0423. The van der Waals surface area contributed by atoms with Crippen LogP contribution in [-0.4, -0.2) is 130 Å². The lowest BCUT2D eigenvalue weighted by molar-refractivity contribution is -0.146. The summed E-state index contributed by atoms with van der Waals surface area (Å²) in [5, 5.41) is 30.0. The van der Waals surface area contributed by atoms with Crippen LogP contribution in [0, 0.1) is 16.7 Å². The Bertz CT molecular complexity index is 1870. The number of aromatic nitrogens is 2. The van der Waals surface area contributed by atoms with Crippen LogP contribution in [0.25, 0.3) is 0 Å². The zero-order valence-electron chi connectivity index (χ0n) is 45.8. The van der Waals surface area contributed by atoms with Crippen LogP contribution in [0.5, 0.6) is 0 Å². The molecular formula is C54H93N7O13. The molecule has 0 aliphatic heterocycles. The van der Waals surface area contributed by atoms with E-state index in [0.717, 1.165) is 19.3 Å². The number of unbranched alkanes of at least 4 members (excludes halogenated alkanes) is 13. The summed E-state index contributed by atoms with van der Waals surface area (Å²) in [5.74, 6) is -6.14. The first-order valence-electron chi connectivity index (χ1n) is 27.0. The highest BCUT2D eigenvalue weighted by molar-refractivity contribution is 5.99. The lowest BCUT2D eigenvalue weighted by Crippen LogP contribution is -2.56. The molecule has 1 aromatic rings. The van der Waals surface area contributed by atoms with E-state index < -0.39 is 63.8 Å². The highest BCUT2D eigenvalue weighted by atomic mass is 16.5. The van der Waals surface area contributed by atoms with Gasteiger partial charge < -0.3 is 51.7 Å². The number of hydrogen-bond donors (Lipinski definition) is 8. The van der Waals surface area contributed by atoms with E-state index in [2.05, 4.69) is 38.2 Å². The molecule has 74 heavy (non-hydrogen) atoms. The summed E-state index contributed by atoms with van der Waals surface area (Å²) in [6, 6.07) is -2.10. The van der Waals surface area contributed by atoms with Crippen molar-refractivity contribution in [2.45, 2.75) is 214 Å². The number of carbonyl (C=O) groups excluding carboxylic acids is 7. The molecule has 0 bridgehead atoms. The van der Waals surface area contributed by atoms with Gasteiger partial charge in [0.1, 0.15) is 24.2 Å². The lowest BCUT2D eigenvalue weighted by atomic mass is 9.71. The second kappa shape index (κ2) is 36.8. The van der Waals surface area contributed by atoms with Crippen molar-refractivity contribution in [3.05, 3.63) is 18.2 Å². The third kappa shape index (κ3) is 30.3. The molecule has 20 heteroatoms. The van der Waals surface area contributed by atoms with Gasteiger partial charge in [-0.3, -0.25) is 38.4 Å². The molecule has 0 fully saturated rings. The van der Waals surface area contributed by atoms with Gasteiger partial charge in [-0.25, -0.2) is 9.78 Å². The fraction of sp³-hybridized carbons (Fsp3) is 0.778. The zero-order chi connectivity index (χ0) is 55.6. The van der Waals surface area contributed by atoms with Crippen molar-refractivity contribution in [3.63, 3.8) is 0 Å². The number of nitrogens with one attached hydrogen (secondary N) is 5. The number of aliphatic carboxylic acids is 2. The van der Waals surface area contributed by atoms with Gasteiger partial charge in [0.15, 0.2) is 5.78 Å². The summed E-state index contributed by atoms with van der Waals surface area (Å²) in [5.41, 5.74) is 2.94. The molecule has 20 nitrogen and oxygen atoms in total. The molecule has 0 radical (unpaired) electrons. The summed E-state index contributed by atoms with van der Waals surface area (Å²) >= 11 is 0. The maximum Gasteiger partial charge on any atom is 0.326 e. The molecule has 0 saturated heterocycles. The summed E-state index contributed by atoms with van der Waals surface area (Å²) in [6.07, 6.45) is 19.0. The number of Topliss-reactive ketones (excluding diaryl/α,β-unsaturated/α-hetero) is 3. The summed E-state index contributed by atoms with van der Waals surface area (Å²) in [7, 11) is 0. The first-order chi connectivity index (χ1) is 34.9. The van der Waals surface area contributed by atoms with Gasteiger partial charge in [0.05, 0.1) is 43.6 Å². The van der Waals surface area contributed by atoms with Gasteiger partial charge in [0.2, 0.25) is 23.6 Å². The van der Waals surface area contributed by atoms with Gasteiger partial charge in [0, 0.05) is 74.3 Å². The number of carbonyl (C=O) groups is 9. The van der Waals surface area contributed by atoms with Gasteiger partial charge in [-0.2, -0.15) is 0 Å². The molecular weight excluding hydrogens is 955 g/mol. The number of hydrogen-bond acceptors (Lipinski definition) is 13. The van der Waals surface area contributed by atoms with Crippen molar-refractivity contribution in [1.29, 1.82) is 0 Å². The number of nitrogens with zero attached hydrogens (tertiary/aromatic N) is 1. The Morgan fingerprint density at radius 2 is 1.20 bits per heavy atom. The van der Waals surface area contributed by atoms with Crippen LogP contribution in [0.1, 0.15) is 195 Å². The maximum absolute atomic E-state index is 13.5. The number of ether oxygens (including phenoxy) is 2. The van der Waals surface area contributed by atoms with E-state index in [1.165, 1.54) is 78.0 Å². The van der Waals surface area contributed by atoms with Crippen LogP contribution in [-0.2, 0) is 59.0 Å². The minimum Gasteiger partial charge on any atom is -0.481 e. The molecule has 1 heterocycles. The SMILES string of the molecule is CCCCCCCCCCCCCCCC(=O)N[C@@H](CCC(=O)NCCOCCOCC(=O)NCCCC[C@H](CC(=O)C(C)(C)CC(=O)C(C)(C)CC(=O)C(C)(C)NC(=O)[C@@H](N)Cc1cnc[nH]1)C(=O)O)C(=O)O. The Morgan fingerprint density at radius 3 is 1.78 bits per heavy atom. The Balaban J connectivity index is 2.25. The topological polar surface area (TPSA) is 315 Å². The number of rotatable bonds is 46. The minimum atomic E-state index is -1.34. The molecule has 0 saturated carbocycles. The number of imidazole rings is 1. The van der Waals surface area contributed by atoms with Crippen LogP contribution < -0.4 is 27.0 Å². The average molecular weight is 1050 g/mol. The van der Waals surface area contributed by atoms with Crippen LogP contribution >= 0.6 is 0 Å². The third-order valence-electron chi connectivity index (χ3n) is 13.2. The zero-order valence-corrected chi connectivity index (χ0v) is 45.8. The van der Waals surface area contributed by atoms with Gasteiger partial charge in [0.25, 0.3) is 0 Å². The van der Waals surface area contributed by atoms with Crippen molar-refractivity contribution in [2.24, 2.45) is 22.5 Å². The summed E-state index contributed by atoms with van der Waals surface area (Å²) in [4.78, 5) is 121. The van der Waals surface area contributed by atoms with E-state index in [1.54, 1.807) is 33.9 Å². The molecule has 422 valence electrons. The molecule has 3 atom stereocenters. The van der Waals surface area contributed by atoms with Crippen molar-refractivity contribution >= 4 is 52.9 Å². The van der Waals surface area contributed by atoms with Crippen LogP contribution in [0.15, 0.2) is 12.5 Å². The largest absolute Gasteiger partial charge is 0.481 e. The number of aromatic amines is 1. The molecule has 0 aliphatic carbocycles. The van der Waals surface area contributed by atoms with E-state index in [1.807, 2.05) is 0 Å². The lowest BCUT2D eigenvalue weighted by Gasteiger charge is -2.33. The second-order valence-corrected chi connectivity index (χ2v) is 21.5. The van der Waals surface area contributed by atoms with E-state index in [0.29, 0.717) is 25.0 Å². The fourth-order valence-electron chi connectivity index (χ4n) is 8.10. The Kier molecular flexibility index (Phi) is 33.3. The molecule has 0 aromatic carbocycles. The maximum atomic E-state index is 13.5. The van der Waals surface area contributed by atoms with Crippen molar-refractivity contribution in [1.82, 2.24) is 31.2 Å². The Morgan fingerprint density at radius 1 is 0.635 bits per heavy atom. The molecule has 0 aliphatic rings. The number of carboxylic acids is 2. The average Bonchev–Trinajstić information content (AvgIpc) is 3.84. The highest BCUT2D eigenvalue weighted by Crippen LogP contribution is 2.34. The number of H-pyrrole nitrogens is 1. The molecule has 4 amide bonds. The number of carboxylic acid groups (broad SMARTS) is 2. The van der Waals surface area contributed by atoms with E-state index in [-0.39, 0.29) is 114 Å². The number of ketones is 3. The predicted octanol–water partition coefficient (Wildman–Crippen LogP) is 6.07. The van der Waals surface area contributed by atoms with Crippen molar-refractivity contribution < 1.29 is 62.8 Å². The summed E-state index contributed by atoms with van der Waals surface area (Å²) < 4.78 is 10.8. The van der Waals surface area contributed by atoms with Crippen molar-refractivity contribution in [2.75, 3.05) is 39.5 Å². The monoisotopic (exact) mass is 1050 g/mol. The van der Waals surface area contributed by atoms with Gasteiger partial charge in [-0.15, -0.1) is 0 Å². The van der Waals surface area contributed by atoms with Crippen LogP contribution in [0.4, 0.5) is 0 Å². The predicted molar refractivity (Wildman–Crippen MR) is 281 cm³/mol. The molecule has 0 unspecified atom stereocenters. The first-order valence-corrected chi connectivity index (χ1v) is 27.0. The number of amides is 4. The van der Waals surface area contributed by atoms with Crippen LogP contribution in [0.3, 0.4) is 0 Å². The standard InChI is InChI=1S/C54H93N7O13/c1-8-9-10-11-12-13-14-15-16-17-18-19-20-24-47(66)60-42(51(71)72)25-26-46(65)58-28-29-73-30-31-74-37-48(67)57-27-22-21-23-39(50(69)70)32-43(62)52(2,3)34-44(63)53(4,5)35-45(64)54(6,7)61-49(68)41(55)33-40-36-56-38-59-40/h36,38-39,41-42H,8-35,37,55H2,1-7H3,(H,56,59)(H,57,67)(H,58,65)(H,60,66)(H,61,68)(H,69,70)(H,71,72)/t39-,41+,42+/m1/s1. The fourth-order valence-corrected chi connectivity index (χ4v) is 8.10. The smallest absolute Gasteiger partial charge is 0.326 e. The number of nitrogens with two attached hydrogens (primary N) is 1. The summed E-state index contributed by atoms with van der Waals surface area (Å²) in [6.45, 7) is 12.2. The molecule has 9 N–H and O–H groups in total. The highest BCUT2D eigenvalue weighted by Gasteiger charge is 2.41. The normalized spacial score (nSPS) is 13.1. The molecule has 1 rings (SSSR count). The Hall–Kier alpha value is -5.08. The first kappa shape index (κ1) is 66.9.